The van der Waals surface area contributed by atoms with Gasteiger partial charge in [-0.1, -0.05) is 6.92 Å². The third-order valence-corrected chi connectivity index (χ3v) is 3.51. The minimum absolute atomic E-state index is 0.266. The summed E-state index contributed by atoms with van der Waals surface area (Å²) in [5.74, 6) is 0.266. The van der Waals surface area contributed by atoms with Crippen molar-refractivity contribution in [1.29, 1.82) is 5.41 Å². The smallest absolute Gasteiger partial charge is 0.0918 e. The number of likely N-dealkylation sites (N-methyl/N-ethyl adjacent to an activating group) is 1. The van der Waals surface area contributed by atoms with E-state index in [-0.39, 0.29) is 11.9 Å². The predicted octanol–water partition coefficient (Wildman–Crippen LogP) is 0.744. The summed E-state index contributed by atoms with van der Waals surface area (Å²) >= 11 is 0. The van der Waals surface area contributed by atoms with Gasteiger partial charge in [0.25, 0.3) is 0 Å². The van der Waals surface area contributed by atoms with E-state index in [0.717, 1.165) is 39.3 Å². The van der Waals surface area contributed by atoms with Crippen LogP contribution >= 0.6 is 0 Å². The highest BCUT2D eigenvalue weighted by Gasteiger charge is 2.23. The van der Waals surface area contributed by atoms with Crippen molar-refractivity contribution in [3.05, 3.63) is 0 Å². The first-order valence-corrected chi connectivity index (χ1v) is 6.93. The molecule has 0 aliphatic carbocycles. The maximum Gasteiger partial charge on any atom is 0.0918 e. The summed E-state index contributed by atoms with van der Waals surface area (Å²) in [5, 5.41) is 7.28. The van der Waals surface area contributed by atoms with Gasteiger partial charge in [0, 0.05) is 38.6 Å². The van der Waals surface area contributed by atoms with Crippen molar-refractivity contribution in [2.24, 2.45) is 5.73 Å². The predicted molar refractivity (Wildman–Crippen MR) is 75.1 cm³/mol. The summed E-state index contributed by atoms with van der Waals surface area (Å²) in [4.78, 5) is 4.78. The zero-order chi connectivity index (χ0) is 13.5. The minimum Gasteiger partial charge on any atom is -0.388 e. The number of rotatable bonds is 7. The van der Waals surface area contributed by atoms with Gasteiger partial charge in [0.15, 0.2) is 0 Å². The molecule has 1 saturated heterocycles. The Morgan fingerprint density at radius 2 is 2.28 bits per heavy atom. The van der Waals surface area contributed by atoms with Crippen LogP contribution in [0.5, 0.6) is 0 Å². The third kappa shape index (κ3) is 5.33. The van der Waals surface area contributed by atoms with E-state index < -0.39 is 0 Å². The lowest BCUT2D eigenvalue weighted by atomic mass is 10.2. The average molecular weight is 256 g/mol. The summed E-state index contributed by atoms with van der Waals surface area (Å²) in [7, 11) is 0. The number of nitrogens with two attached hydrogens (primary N) is 1. The molecule has 5 heteroatoms. The molecule has 0 radical (unpaired) electrons. The van der Waals surface area contributed by atoms with Crippen molar-refractivity contribution in [3.63, 3.8) is 0 Å². The molecule has 0 amide bonds. The second kappa shape index (κ2) is 7.71. The Balaban J connectivity index is 2.36. The van der Waals surface area contributed by atoms with Crippen LogP contribution in [0.1, 0.15) is 27.2 Å². The van der Waals surface area contributed by atoms with Gasteiger partial charge in [0.2, 0.25) is 0 Å². The van der Waals surface area contributed by atoms with Crippen LogP contribution in [0, 0.1) is 5.41 Å². The molecule has 0 bridgehead atoms. The number of nitrogens with zero attached hydrogens (tertiary/aromatic N) is 2. The van der Waals surface area contributed by atoms with Crippen molar-refractivity contribution in [2.75, 3.05) is 39.3 Å². The van der Waals surface area contributed by atoms with E-state index in [0.29, 0.717) is 12.5 Å². The molecule has 0 aromatic rings. The molecule has 1 heterocycles. The number of hydrogen-bond donors (Lipinski definition) is 2. The number of hydrogen-bond acceptors (Lipinski definition) is 4. The highest BCUT2D eigenvalue weighted by molar-refractivity contribution is 5.76. The highest BCUT2D eigenvalue weighted by Crippen LogP contribution is 2.10. The van der Waals surface area contributed by atoms with Gasteiger partial charge in [-0.05, 0) is 20.4 Å². The van der Waals surface area contributed by atoms with Gasteiger partial charge in [-0.25, -0.2) is 0 Å². The lowest BCUT2D eigenvalue weighted by Gasteiger charge is -2.37. The fraction of sp³-hybridized carbons (Fsp3) is 0.923. The number of nitrogens with one attached hydrogen (secondary N) is 1. The van der Waals surface area contributed by atoms with Gasteiger partial charge in [-0.2, -0.15) is 0 Å². The lowest BCUT2D eigenvalue weighted by molar-refractivity contribution is -0.0513. The van der Waals surface area contributed by atoms with E-state index in [1.54, 1.807) is 0 Å². The van der Waals surface area contributed by atoms with E-state index in [9.17, 15) is 0 Å². The van der Waals surface area contributed by atoms with Gasteiger partial charge in [-0.15, -0.1) is 0 Å². The Morgan fingerprint density at radius 1 is 1.56 bits per heavy atom. The molecule has 1 fully saturated rings. The van der Waals surface area contributed by atoms with Crippen LogP contribution in [0.3, 0.4) is 0 Å². The van der Waals surface area contributed by atoms with Gasteiger partial charge >= 0.3 is 0 Å². The van der Waals surface area contributed by atoms with E-state index in [2.05, 4.69) is 30.6 Å². The van der Waals surface area contributed by atoms with Crippen LogP contribution in [0.2, 0.25) is 0 Å². The molecule has 3 N–H and O–H groups in total. The molecule has 0 aromatic heterocycles. The molecule has 1 aliphatic rings. The zero-order valence-corrected chi connectivity index (χ0v) is 12.0. The molecular formula is C13H28N4O. The molecule has 18 heavy (non-hydrogen) atoms. The first kappa shape index (κ1) is 15.4. The fourth-order valence-electron chi connectivity index (χ4n) is 2.27. The molecule has 0 saturated carbocycles. The van der Waals surface area contributed by atoms with Gasteiger partial charge < -0.3 is 15.4 Å². The number of morpholine rings is 1. The van der Waals surface area contributed by atoms with E-state index in [1.807, 2.05) is 0 Å². The molecule has 0 spiro atoms. The van der Waals surface area contributed by atoms with Crippen LogP contribution in [0.25, 0.3) is 0 Å². The Hall–Kier alpha value is -0.650. The fourth-order valence-corrected chi connectivity index (χ4v) is 2.27. The standard InChI is InChI=1S/C13H28N4O/c1-4-16(6-5-13(14)15)9-12-10-17(11(2)3)7-8-18-12/h11-12H,4-10H2,1-3H3,(H3,14,15). The van der Waals surface area contributed by atoms with Crippen molar-refractivity contribution >= 4 is 5.84 Å². The Kier molecular flexibility index (Phi) is 6.60. The Labute approximate surface area is 111 Å². The van der Waals surface area contributed by atoms with Crippen LogP contribution in [-0.2, 0) is 4.74 Å². The highest BCUT2D eigenvalue weighted by atomic mass is 16.5. The topological polar surface area (TPSA) is 65.6 Å². The second-order valence-corrected chi connectivity index (χ2v) is 5.25. The summed E-state index contributed by atoms with van der Waals surface area (Å²) in [6, 6.07) is 0.587. The maximum atomic E-state index is 7.28. The second-order valence-electron chi connectivity index (χ2n) is 5.25. The van der Waals surface area contributed by atoms with Gasteiger partial charge in [0.05, 0.1) is 18.5 Å². The summed E-state index contributed by atoms with van der Waals surface area (Å²) in [6.45, 7) is 12.2. The summed E-state index contributed by atoms with van der Waals surface area (Å²) in [6.07, 6.45) is 0.933. The Morgan fingerprint density at radius 3 is 2.83 bits per heavy atom. The molecule has 0 aromatic carbocycles. The van der Waals surface area contributed by atoms with Gasteiger partial charge in [-0.3, -0.25) is 10.3 Å². The monoisotopic (exact) mass is 256 g/mol. The molecular weight excluding hydrogens is 228 g/mol. The van der Waals surface area contributed by atoms with E-state index in [1.165, 1.54) is 0 Å². The van der Waals surface area contributed by atoms with Crippen molar-refractivity contribution < 1.29 is 4.74 Å². The first-order valence-electron chi connectivity index (χ1n) is 6.93. The molecule has 1 rings (SSSR count). The zero-order valence-electron chi connectivity index (χ0n) is 12.0. The third-order valence-electron chi connectivity index (χ3n) is 3.51. The summed E-state index contributed by atoms with van der Waals surface area (Å²) < 4.78 is 5.83. The van der Waals surface area contributed by atoms with Crippen molar-refractivity contribution in [1.82, 2.24) is 9.80 Å². The normalized spacial score (nSPS) is 21.7. The van der Waals surface area contributed by atoms with E-state index >= 15 is 0 Å². The largest absolute Gasteiger partial charge is 0.388 e. The molecule has 1 aliphatic heterocycles. The number of ether oxygens (including phenoxy) is 1. The number of amidine groups is 1. The maximum absolute atomic E-state index is 7.28. The van der Waals surface area contributed by atoms with Crippen molar-refractivity contribution in [3.8, 4) is 0 Å². The van der Waals surface area contributed by atoms with Gasteiger partial charge in [0.1, 0.15) is 0 Å². The quantitative estimate of drug-likeness (QED) is 0.521. The van der Waals surface area contributed by atoms with Crippen LogP contribution in [0.15, 0.2) is 0 Å². The molecule has 106 valence electrons. The molecule has 1 atom stereocenters. The lowest BCUT2D eigenvalue weighted by Crippen LogP contribution is -2.50. The average Bonchev–Trinajstić information content (AvgIpc) is 2.34. The molecule has 1 unspecified atom stereocenters. The first-order chi connectivity index (χ1) is 8.52. The summed E-state index contributed by atoms with van der Waals surface area (Å²) in [5.41, 5.74) is 5.41. The van der Waals surface area contributed by atoms with Crippen molar-refractivity contribution in [2.45, 2.75) is 39.3 Å². The minimum atomic E-state index is 0.266. The van der Waals surface area contributed by atoms with Crippen LogP contribution in [-0.4, -0.2) is 67.1 Å². The van der Waals surface area contributed by atoms with E-state index in [4.69, 9.17) is 15.9 Å². The van der Waals surface area contributed by atoms with Crippen LogP contribution in [0.4, 0.5) is 0 Å². The molecule has 5 nitrogen and oxygen atoms in total. The van der Waals surface area contributed by atoms with Crippen LogP contribution < -0.4 is 5.73 Å². The Bertz CT molecular complexity index is 257. The SMILES string of the molecule is CCN(CCC(=N)N)CC1CN(C(C)C)CCO1.